The fraction of sp³-hybridized carbons (Fsp3) is 0.241. The lowest BCUT2D eigenvalue weighted by molar-refractivity contribution is -0.187. The predicted octanol–water partition coefficient (Wildman–Crippen LogP) is 4.50. The van der Waals surface area contributed by atoms with Crippen molar-refractivity contribution in [3.8, 4) is 10.6 Å². The molecule has 1 fully saturated rings. The van der Waals surface area contributed by atoms with E-state index in [2.05, 4.69) is 86.8 Å². The Labute approximate surface area is 217 Å². The number of nitrogens with zero attached hydrogens (tertiary/aromatic N) is 3. The molecule has 2 aliphatic heterocycles. The van der Waals surface area contributed by atoms with Crippen LogP contribution in [0.15, 0.2) is 77.2 Å². The van der Waals surface area contributed by atoms with Gasteiger partial charge in [0.1, 0.15) is 23.3 Å². The molecule has 7 rings (SSSR count). The lowest BCUT2D eigenvalue weighted by Crippen LogP contribution is -2.50. The van der Waals surface area contributed by atoms with Crippen molar-refractivity contribution in [3.63, 3.8) is 0 Å². The Morgan fingerprint density at radius 2 is 1.92 bits per heavy atom. The summed E-state index contributed by atoms with van der Waals surface area (Å²) in [6.45, 7) is 2.69. The van der Waals surface area contributed by atoms with Crippen molar-refractivity contribution >= 4 is 38.9 Å². The summed E-state index contributed by atoms with van der Waals surface area (Å²) in [4.78, 5) is 9.32. The first kappa shape index (κ1) is 22.6. The standard InChI is InChI=1S/C29H25N3O4S/c1-16-15-37-28(30-16)20-8-9-21-22(27-31-25-26(34)24(33)14-35-29(25)36-27)13-32(23(21)11-20)12-17-6-7-18-4-2-3-5-19(18)10-17/h2-11,13,15,24-26,29,33-34H,12,14H2,1H3/t24-,25-,26+,29-/m1/s1. The molecular formula is C29H25N3O4S. The third kappa shape index (κ3) is 3.93. The fourth-order valence-electron chi connectivity index (χ4n) is 5.18. The van der Waals surface area contributed by atoms with Gasteiger partial charge in [0.15, 0.2) is 0 Å². The van der Waals surface area contributed by atoms with E-state index in [4.69, 9.17) is 9.47 Å². The molecule has 186 valence electrons. The van der Waals surface area contributed by atoms with E-state index in [0.717, 1.165) is 32.7 Å². The van der Waals surface area contributed by atoms with E-state index in [1.807, 2.05) is 6.92 Å². The maximum Gasteiger partial charge on any atom is 0.227 e. The number of aliphatic hydroxyl groups is 2. The van der Waals surface area contributed by atoms with E-state index in [9.17, 15) is 10.2 Å². The van der Waals surface area contributed by atoms with Crippen molar-refractivity contribution < 1.29 is 19.7 Å². The molecule has 4 atom stereocenters. The molecule has 0 amide bonds. The number of aromatic nitrogens is 2. The van der Waals surface area contributed by atoms with Gasteiger partial charge in [-0.25, -0.2) is 9.98 Å². The number of aliphatic imine (C=N–C) groups is 1. The predicted molar refractivity (Wildman–Crippen MR) is 144 cm³/mol. The van der Waals surface area contributed by atoms with Crippen LogP contribution in [0.2, 0.25) is 0 Å². The molecule has 3 aromatic carbocycles. The summed E-state index contributed by atoms with van der Waals surface area (Å²) in [7, 11) is 0. The van der Waals surface area contributed by atoms with Crippen molar-refractivity contribution in [2.45, 2.75) is 38.0 Å². The van der Waals surface area contributed by atoms with Gasteiger partial charge in [0.25, 0.3) is 0 Å². The van der Waals surface area contributed by atoms with Crippen molar-refractivity contribution in [2.75, 3.05) is 6.61 Å². The first-order valence-electron chi connectivity index (χ1n) is 12.3. The van der Waals surface area contributed by atoms with Crippen LogP contribution in [0.25, 0.3) is 32.2 Å². The minimum Gasteiger partial charge on any atom is -0.445 e. The number of hydrogen-bond acceptors (Lipinski definition) is 7. The highest BCUT2D eigenvalue weighted by molar-refractivity contribution is 7.13. The second-order valence-electron chi connectivity index (χ2n) is 9.68. The lowest BCUT2D eigenvalue weighted by Gasteiger charge is -2.31. The molecule has 4 heterocycles. The minimum atomic E-state index is -1.03. The highest BCUT2D eigenvalue weighted by atomic mass is 32.1. The molecule has 0 unspecified atom stereocenters. The molecule has 1 saturated heterocycles. The van der Waals surface area contributed by atoms with E-state index < -0.39 is 24.5 Å². The summed E-state index contributed by atoms with van der Waals surface area (Å²) in [5, 5.41) is 26.9. The topological polar surface area (TPSA) is 89.1 Å². The van der Waals surface area contributed by atoms with E-state index in [1.54, 1.807) is 11.3 Å². The molecule has 0 saturated carbocycles. The van der Waals surface area contributed by atoms with Gasteiger partial charge in [-0.05, 0) is 35.4 Å². The maximum absolute atomic E-state index is 10.4. The molecule has 37 heavy (non-hydrogen) atoms. The molecule has 2 N–H and O–H groups in total. The van der Waals surface area contributed by atoms with Gasteiger partial charge >= 0.3 is 0 Å². The van der Waals surface area contributed by atoms with Gasteiger partial charge in [-0.15, -0.1) is 11.3 Å². The van der Waals surface area contributed by atoms with Gasteiger partial charge in [-0.1, -0.05) is 48.5 Å². The normalized spacial score (nSPS) is 23.3. The second-order valence-corrected chi connectivity index (χ2v) is 10.5. The molecular weight excluding hydrogens is 486 g/mol. The van der Waals surface area contributed by atoms with Crippen LogP contribution >= 0.6 is 11.3 Å². The van der Waals surface area contributed by atoms with Crippen molar-refractivity contribution in [3.05, 3.63) is 89.1 Å². The van der Waals surface area contributed by atoms with Gasteiger partial charge in [-0.3, -0.25) is 0 Å². The van der Waals surface area contributed by atoms with Crippen LogP contribution in [-0.4, -0.2) is 56.8 Å². The molecule has 0 radical (unpaired) electrons. The smallest absolute Gasteiger partial charge is 0.227 e. The molecule has 2 aliphatic rings. The number of aliphatic hydroxyl groups excluding tert-OH is 2. The number of ether oxygens (including phenoxy) is 2. The number of hydrogen-bond donors (Lipinski definition) is 2. The largest absolute Gasteiger partial charge is 0.445 e. The van der Waals surface area contributed by atoms with Crippen LogP contribution in [0.1, 0.15) is 16.8 Å². The average molecular weight is 512 g/mol. The molecule has 8 heteroatoms. The maximum atomic E-state index is 10.4. The van der Waals surface area contributed by atoms with Gasteiger partial charge in [-0.2, -0.15) is 0 Å². The minimum absolute atomic E-state index is 0.0193. The molecule has 0 bridgehead atoms. The first-order valence-corrected chi connectivity index (χ1v) is 13.2. The van der Waals surface area contributed by atoms with Crippen molar-refractivity contribution in [1.82, 2.24) is 9.55 Å². The lowest BCUT2D eigenvalue weighted by atomic mass is 10.0. The summed E-state index contributed by atoms with van der Waals surface area (Å²) in [5.41, 5.74) is 5.11. The number of benzene rings is 3. The Hall–Kier alpha value is -3.56. The third-order valence-corrected chi connectivity index (χ3v) is 8.10. The first-order chi connectivity index (χ1) is 18.0. The average Bonchev–Trinajstić information content (AvgIpc) is 3.63. The zero-order valence-corrected chi connectivity index (χ0v) is 20.9. The van der Waals surface area contributed by atoms with E-state index in [0.29, 0.717) is 12.4 Å². The summed E-state index contributed by atoms with van der Waals surface area (Å²) in [6.07, 6.45) is -0.659. The summed E-state index contributed by atoms with van der Waals surface area (Å²) in [5.74, 6) is 0.420. The van der Waals surface area contributed by atoms with Crippen LogP contribution < -0.4 is 0 Å². The van der Waals surface area contributed by atoms with Crippen LogP contribution in [-0.2, 0) is 16.0 Å². The highest BCUT2D eigenvalue weighted by Crippen LogP contribution is 2.34. The van der Waals surface area contributed by atoms with E-state index in [1.165, 1.54) is 16.3 Å². The van der Waals surface area contributed by atoms with Crippen LogP contribution in [0, 0.1) is 6.92 Å². The number of aryl methyl sites for hydroxylation is 1. The Balaban J connectivity index is 1.34. The van der Waals surface area contributed by atoms with Gasteiger partial charge in [0.05, 0.1) is 12.2 Å². The number of thiazole rings is 1. The summed E-state index contributed by atoms with van der Waals surface area (Å²) in [6, 6.07) is 20.5. The van der Waals surface area contributed by atoms with Crippen molar-refractivity contribution in [1.29, 1.82) is 0 Å². The molecule has 2 aromatic heterocycles. The van der Waals surface area contributed by atoms with Gasteiger partial charge in [0, 0.05) is 40.3 Å². The monoisotopic (exact) mass is 511 g/mol. The fourth-order valence-corrected chi connectivity index (χ4v) is 5.97. The quantitative estimate of drug-likeness (QED) is 0.371. The number of fused-ring (bicyclic) bond motifs is 3. The molecule has 0 spiro atoms. The molecule has 7 nitrogen and oxygen atoms in total. The van der Waals surface area contributed by atoms with Crippen LogP contribution in [0.4, 0.5) is 0 Å². The Morgan fingerprint density at radius 1 is 1.05 bits per heavy atom. The zero-order valence-electron chi connectivity index (χ0n) is 20.1. The Morgan fingerprint density at radius 3 is 2.76 bits per heavy atom. The van der Waals surface area contributed by atoms with Crippen LogP contribution in [0.5, 0.6) is 0 Å². The molecule has 0 aliphatic carbocycles. The van der Waals surface area contributed by atoms with Crippen molar-refractivity contribution in [2.24, 2.45) is 4.99 Å². The van der Waals surface area contributed by atoms with E-state index in [-0.39, 0.29) is 6.61 Å². The number of rotatable bonds is 4. The van der Waals surface area contributed by atoms with Crippen LogP contribution in [0.3, 0.4) is 0 Å². The Bertz CT molecular complexity index is 1670. The van der Waals surface area contributed by atoms with Gasteiger partial charge in [0.2, 0.25) is 12.2 Å². The second kappa shape index (κ2) is 8.78. The molecule has 5 aromatic rings. The Kier molecular flexibility index (Phi) is 5.37. The van der Waals surface area contributed by atoms with Gasteiger partial charge < -0.3 is 24.3 Å². The highest BCUT2D eigenvalue weighted by Gasteiger charge is 2.45. The summed E-state index contributed by atoms with van der Waals surface area (Å²) < 4.78 is 13.9. The van der Waals surface area contributed by atoms with E-state index >= 15 is 0 Å². The zero-order chi connectivity index (χ0) is 25.1. The third-order valence-electron chi connectivity index (χ3n) is 7.09. The SMILES string of the molecule is Cc1csc(-c2ccc3c(C4=N[C@H]5[C@H](OC[C@@H](O)[C@@H]5O)O4)cn(Cc4ccc5ccccc5c4)c3c2)n1. The summed E-state index contributed by atoms with van der Waals surface area (Å²) >= 11 is 1.63.